The Bertz CT molecular complexity index is 901. The van der Waals surface area contributed by atoms with E-state index in [-0.39, 0.29) is 18.4 Å². The molecule has 1 fully saturated rings. The van der Waals surface area contributed by atoms with Crippen LogP contribution in [0.1, 0.15) is 0 Å². The van der Waals surface area contributed by atoms with Crippen LogP contribution in [0.2, 0.25) is 5.02 Å². The van der Waals surface area contributed by atoms with Crippen molar-refractivity contribution in [2.24, 2.45) is 0 Å². The molecule has 2 heterocycles. The van der Waals surface area contributed by atoms with Gasteiger partial charge in [-0.25, -0.2) is 0 Å². The summed E-state index contributed by atoms with van der Waals surface area (Å²) >= 11 is 6.13. The molecular formula is C21H22ClN3O4. The molecule has 1 atom stereocenters. The van der Waals surface area contributed by atoms with Crippen molar-refractivity contribution in [2.75, 3.05) is 49.6 Å². The van der Waals surface area contributed by atoms with Crippen LogP contribution in [0.4, 0.5) is 11.4 Å². The van der Waals surface area contributed by atoms with E-state index in [1.807, 2.05) is 35.2 Å². The monoisotopic (exact) mass is 415 g/mol. The minimum atomic E-state index is -0.670. The van der Waals surface area contributed by atoms with Crippen LogP contribution in [-0.2, 0) is 14.3 Å². The van der Waals surface area contributed by atoms with Crippen molar-refractivity contribution >= 4 is 34.8 Å². The molecule has 2 aromatic rings. The zero-order chi connectivity index (χ0) is 20.2. The molecule has 2 aromatic carbocycles. The van der Waals surface area contributed by atoms with Gasteiger partial charge in [0.05, 0.1) is 42.7 Å². The number of para-hydroxylation sites is 3. The third-order valence-electron chi connectivity index (χ3n) is 4.94. The number of ether oxygens (including phenoxy) is 2. The lowest BCUT2D eigenvalue weighted by atomic mass is 10.1. The number of anilines is 2. The quantitative estimate of drug-likeness (QED) is 0.830. The lowest BCUT2D eigenvalue weighted by molar-refractivity contribution is -0.142. The fraction of sp³-hybridized carbons (Fsp3) is 0.333. The highest BCUT2D eigenvalue weighted by atomic mass is 35.5. The van der Waals surface area contributed by atoms with Crippen LogP contribution in [-0.4, -0.2) is 62.2 Å². The van der Waals surface area contributed by atoms with E-state index in [4.69, 9.17) is 21.1 Å². The Balaban J connectivity index is 1.49. The van der Waals surface area contributed by atoms with Crippen molar-refractivity contribution < 1.29 is 19.1 Å². The van der Waals surface area contributed by atoms with E-state index in [1.54, 1.807) is 23.1 Å². The Morgan fingerprint density at radius 2 is 1.79 bits per heavy atom. The molecule has 7 nitrogen and oxygen atoms in total. The third-order valence-corrected chi connectivity index (χ3v) is 5.27. The molecule has 8 heteroatoms. The van der Waals surface area contributed by atoms with Crippen molar-refractivity contribution in [3.8, 4) is 5.75 Å². The zero-order valence-electron chi connectivity index (χ0n) is 15.8. The molecule has 4 rings (SSSR count). The van der Waals surface area contributed by atoms with E-state index in [1.165, 1.54) is 0 Å². The number of hydrogen-bond donors (Lipinski definition) is 1. The third kappa shape index (κ3) is 4.46. The summed E-state index contributed by atoms with van der Waals surface area (Å²) in [5.41, 5.74) is 1.34. The lowest BCUT2D eigenvalue weighted by Gasteiger charge is -2.38. The summed E-state index contributed by atoms with van der Waals surface area (Å²) in [6.45, 7) is 2.53. The molecule has 0 radical (unpaired) electrons. The van der Waals surface area contributed by atoms with Crippen molar-refractivity contribution in [2.45, 2.75) is 6.10 Å². The lowest BCUT2D eigenvalue weighted by Crippen LogP contribution is -2.53. The SMILES string of the molecule is O=C(CN1C[C@H](C(=O)N2CCOCC2)Oc2ccccc21)Nc1ccccc1Cl. The average molecular weight is 416 g/mol. The molecule has 1 N–H and O–H groups in total. The fourth-order valence-corrected chi connectivity index (χ4v) is 3.68. The summed E-state index contributed by atoms with van der Waals surface area (Å²) in [7, 11) is 0. The maximum atomic E-state index is 12.9. The van der Waals surface area contributed by atoms with Gasteiger partial charge in [0.25, 0.3) is 5.91 Å². The molecule has 0 spiro atoms. The van der Waals surface area contributed by atoms with Gasteiger partial charge in [-0.3, -0.25) is 9.59 Å². The summed E-state index contributed by atoms with van der Waals surface area (Å²) < 4.78 is 11.3. The molecule has 0 aliphatic carbocycles. The smallest absolute Gasteiger partial charge is 0.265 e. The Hall–Kier alpha value is -2.77. The summed E-state index contributed by atoms with van der Waals surface area (Å²) in [6, 6.07) is 14.5. The van der Waals surface area contributed by atoms with Gasteiger partial charge in [-0.2, -0.15) is 0 Å². The van der Waals surface area contributed by atoms with Crippen molar-refractivity contribution in [3.05, 3.63) is 53.6 Å². The second kappa shape index (κ2) is 8.71. The Morgan fingerprint density at radius 3 is 2.59 bits per heavy atom. The maximum absolute atomic E-state index is 12.9. The zero-order valence-corrected chi connectivity index (χ0v) is 16.6. The number of morpholine rings is 1. The van der Waals surface area contributed by atoms with Gasteiger partial charge in [0.1, 0.15) is 5.75 Å². The molecule has 2 amide bonds. The van der Waals surface area contributed by atoms with Crippen LogP contribution in [0.5, 0.6) is 5.75 Å². The largest absolute Gasteiger partial charge is 0.477 e. The van der Waals surface area contributed by atoms with Gasteiger partial charge >= 0.3 is 0 Å². The second-order valence-corrected chi connectivity index (χ2v) is 7.33. The van der Waals surface area contributed by atoms with Crippen molar-refractivity contribution in [1.82, 2.24) is 4.90 Å². The Kier molecular flexibility index (Phi) is 5.87. The van der Waals surface area contributed by atoms with E-state index >= 15 is 0 Å². The van der Waals surface area contributed by atoms with Crippen LogP contribution in [0.3, 0.4) is 0 Å². The highest BCUT2D eigenvalue weighted by Crippen LogP contribution is 2.33. The van der Waals surface area contributed by atoms with Gasteiger partial charge < -0.3 is 24.6 Å². The fourth-order valence-electron chi connectivity index (χ4n) is 3.50. The second-order valence-electron chi connectivity index (χ2n) is 6.92. The van der Waals surface area contributed by atoms with Gasteiger partial charge in [0.15, 0.2) is 6.10 Å². The predicted octanol–water partition coefficient (Wildman–Crippen LogP) is 2.40. The molecule has 0 bridgehead atoms. The Labute approximate surface area is 174 Å². The van der Waals surface area contributed by atoms with E-state index in [0.717, 1.165) is 5.69 Å². The standard InChI is InChI=1S/C21H22ClN3O4/c22-15-5-1-2-6-16(15)23-20(26)14-25-13-19(21(27)24-9-11-28-12-10-24)29-18-8-4-3-7-17(18)25/h1-8,19H,9-14H2,(H,23,26)/t19-/m1/s1. The van der Waals surface area contributed by atoms with Gasteiger partial charge in [-0.05, 0) is 24.3 Å². The van der Waals surface area contributed by atoms with Gasteiger partial charge in [0.2, 0.25) is 5.91 Å². The van der Waals surface area contributed by atoms with Gasteiger partial charge in [-0.1, -0.05) is 35.9 Å². The summed E-state index contributed by atoms with van der Waals surface area (Å²) in [4.78, 5) is 29.2. The first-order chi connectivity index (χ1) is 14.1. The number of nitrogens with one attached hydrogen (secondary N) is 1. The van der Waals surface area contributed by atoms with Gasteiger partial charge in [0, 0.05) is 13.1 Å². The molecular weight excluding hydrogens is 394 g/mol. The van der Waals surface area contributed by atoms with E-state index in [0.29, 0.717) is 49.3 Å². The number of nitrogens with zero attached hydrogens (tertiary/aromatic N) is 2. The van der Waals surface area contributed by atoms with Crippen LogP contribution in [0.15, 0.2) is 48.5 Å². The van der Waals surface area contributed by atoms with Crippen LogP contribution < -0.4 is 15.0 Å². The minimum Gasteiger partial charge on any atom is -0.477 e. The molecule has 1 saturated heterocycles. The molecule has 2 aliphatic rings. The number of benzene rings is 2. The van der Waals surface area contributed by atoms with E-state index in [9.17, 15) is 9.59 Å². The number of hydrogen-bond acceptors (Lipinski definition) is 5. The number of halogens is 1. The first kappa shape index (κ1) is 19.5. The number of fused-ring (bicyclic) bond motifs is 1. The highest BCUT2D eigenvalue weighted by molar-refractivity contribution is 6.33. The molecule has 152 valence electrons. The number of amides is 2. The number of carbonyl (C=O) groups excluding carboxylic acids is 2. The highest BCUT2D eigenvalue weighted by Gasteiger charge is 2.34. The minimum absolute atomic E-state index is 0.0818. The number of carbonyl (C=O) groups is 2. The molecule has 0 unspecified atom stereocenters. The molecule has 0 saturated carbocycles. The molecule has 29 heavy (non-hydrogen) atoms. The number of rotatable bonds is 4. The maximum Gasteiger partial charge on any atom is 0.265 e. The van der Waals surface area contributed by atoms with Crippen LogP contribution >= 0.6 is 11.6 Å². The first-order valence-electron chi connectivity index (χ1n) is 9.53. The summed E-state index contributed by atoms with van der Waals surface area (Å²) in [5.74, 6) is 0.294. The van der Waals surface area contributed by atoms with Crippen molar-refractivity contribution in [1.29, 1.82) is 0 Å². The molecule has 2 aliphatic heterocycles. The summed E-state index contributed by atoms with van der Waals surface area (Å²) in [5, 5.41) is 3.31. The molecule has 0 aromatic heterocycles. The van der Waals surface area contributed by atoms with Gasteiger partial charge in [-0.15, -0.1) is 0 Å². The van der Waals surface area contributed by atoms with E-state index < -0.39 is 6.10 Å². The predicted molar refractivity (Wildman–Crippen MR) is 111 cm³/mol. The first-order valence-corrected chi connectivity index (χ1v) is 9.91. The van der Waals surface area contributed by atoms with E-state index in [2.05, 4.69) is 5.32 Å². The van der Waals surface area contributed by atoms with Crippen LogP contribution in [0, 0.1) is 0 Å². The topological polar surface area (TPSA) is 71.1 Å². The Morgan fingerprint density at radius 1 is 1.07 bits per heavy atom. The summed E-state index contributed by atoms with van der Waals surface area (Å²) in [6.07, 6.45) is -0.670. The normalized spacial score (nSPS) is 18.6. The average Bonchev–Trinajstić information content (AvgIpc) is 2.75. The van der Waals surface area contributed by atoms with Crippen molar-refractivity contribution in [3.63, 3.8) is 0 Å². The van der Waals surface area contributed by atoms with Crippen LogP contribution in [0.25, 0.3) is 0 Å².